The van der Waals surface area contributed by atoms with Crippen molar-refractivity contribution in [2.75, 3.05) is 66.5 Å². The third-order valence-corrected chi connectivity index (χ3v) is 5.90. The minimum absolute atomic E-state index is 0.124. The summed E-state index contributed by atoms with van der Waals surface area (Å²) in [5.41, 5.74) is 1.09. The fourth-order valence-corrected chi connectivity index (χ4v) is 3.95. The van der Waals surface area contributed by atoms with Crippen molar-refractivity contribution in [2.45, 2.75) is 25.8 Å². The van der Waals surface area contributed by atoms with E-state index in [4.69, 9.17) is 4.74 Å². The highest BCUT2D eigenvalue weighted by Crippen LogP contribution is 2.13. The van der Waals surface area contributed by atoms with Crippen LogP contribution in [-0.4, -0.2) is 97.9 Å². The average Bonchev–Trinajstić information content (AvgIpc) is 2.76. The van der Waals surface area contributed by atoms with Crippen LogP contribution in [0.15, 0.2) is 24.3 Å². The number of hydrogen-bond acceptors (Lipinski definition) is 5. The van der Waals surface area contributed by atoms with Gasteiger partial charge in [0, 0.05) is 52.9 Å². The number of piperidine rings is 1. The number of rotatable bonds is 7. The maximum atomic E-state index is 12.6. The van der Waals surface area contributed by atoms with Crippen LogP contribution >= 0.6 is 0 Å². The van der Waals surface area contributed by atoms with E-state index in [1.807, 2.05) is 36.2 Å². The second kappa shape index (κ2) is 10.6. The number of piperazine rings is 1. The zero-order chi connectivity index (χ0) is 20.6. The highest BCUT2D eigenvalue weighted by Gasteiger charge is 2.24. The molecule has 3 rings (SSSR count). The summed E-state index contributed by atoms with van der Waals surface area (Å²) in [5.74, 6) is 1.20. The van der Waals surface area contributed by atoms with Crippen LogP contribution in [0.4, 0.5) is 0 Å². The molecule has 1 aromatic rings. The number of likely N-dealkylation sites (N-methyl/N-ethyl adjacent to an activating group) is 1. The van der Waals surface area contributed by atoms with Crippen molar-refractivity contribution in [1.29, 1.82) is 0 Å². The molecule has 2 aliphatic heterocycles. The largest absolute Gasteiger partial charge is 0.497 e. The Hall–Kier alpha value is -2.12. The van der Waals surface area contributed by atoms with Crippen LogP contribution < -0.4 is 4.74 Å². The van der Waals surface area contributed by atoms with Crippen molar-refractivity contribution in [2.24, 2.45) is 0 Å². The summed E-state index contributed by atoms with van der Waals surface area (Å²) < 4.78 is 5.17. The van der Waals surface area contributed by atoms with Crippen molar-refractivity contribution in [1.82, 2.24) is 19.6 Å². The minimum Gasteiger partial charge on any atom is -0.497 e. The molecule has 0 unspecified atom stereocenters. The molecule has 2 fully saturated rings. The van der Waals surface area contributed by atoms with Gasteiger partial charge in [-0.25, -0.2) is 0 Å². The number of benzene rings is 1. The molecule has 2 saturated heterocycles. The summed E-state index contributed by atoms with van der Waals surface area (Å²) in [7, 11) is 3.49. The maximum absolute atomic E-state index is 12.6. The minimum atomic E-state index is 0.124. The Kier molecular flexibility index (Phi) is 7.89. The molecule has 0 saturated carbocycles. The van der Waals surface area contributed by atoms with Crippen molar-refractivity contribution in [3.8, 4) is 5.75 Å². The Labute approximate surface area is 174 Å². The van der Waals surface area contributed by atoms with E-state index in [1.54, 1.807) is 12.0 Å². The third kappa shape index (κ3) is 6.44. The van der Waals surface area contributed by atoms with E-state index >= 15 is 0 Å². The van der Waals surface area contributed by atoms with Crippen molar-refractivity contribution < 1.29 is 14.3 Å². The quantitative estimate of drug-likeness (QED) is 0.688. The van der Waals surface area contributed by atoms with Crippen LogP contribution in [0, 0.1) is 0 Å². The van der Waals surface area contributed by atoms with Gasteiger partial charge in [0.15, 0.2) is 0 Å². The Bertz CT molecular complexity index is 665. The van der Waals surface area contributed by atoms with E-state index < -0.39 is 0 Å². The molecule has 2 aliphatic rings. The van der Waals surface area contributed by atoms with Gasteiger partial charge in [-0.05, 0) is 37.0 Å². The summed E-state index contributed by atoms with van der Waals surface area (Å²) in [6.07, 6.45) is 3.50. The first kappa shape index (κ1) is 21.6. The van der Waals surface area contributed by atoms with Crippen LogP contribution in [-0.2, 0) is 16.1 Å². The first-order chi connectivity index (χ1) is 14.0. The summed E-state index contributed by atoms with van der Waals surface area (Å²) in [6, 6.07) is 7.80. The molecule has 0 spiro atoms. The molecule has 0 N–H and O–H groups in total. The van der Waals surface area contributed by atoms with Gasteiger partial charge < -0.3 is 14.5 Å². The number of carbonyl (C=O) groups is 2. The Morgan fingerprint density at radius 1 is 0.897 bits per heavy atom. The lowest BCUT2D eigenvalue weighted by atomic mass is 10.1. The number of ether oxygens (including phenoxy) is 1. The standard InChI is InChI=1S/C22H34N4O3/c1-23(16-19-6-8-20(29-2)9-7-19)21(27)17-24-12-14-25(15-13-24)18-22(28)26-10-4-3-5-11-26/h6-9H,3-5,10-18H2,1-2H3. The van der Waals surface area contributed by atoms with E-state index in [0.29, 0.717) is 19.6 Å². The fraction of sp³-hybridized carbons (Fsp3) is 0.636. The van der Waals surface area contributed by atoms with E-state index in [0.717, 1.165) is 63.4 Å². The second-order valence-corrected chi connectivity index (χ2v) is 8.09. The lowest BCUT2D eigenvalue weighted by Gasteiger charge is -2.36. The lowest BCUT2D eigenvalue weighted by Crippen LogP contribution is -2.52. The zero-order valence-corrected chi connectivity index (χ0v) is 17.8. The highest BCUT2D eigenvalue weighted by atomic mass is 16.5. The van der Waals surface area contributed by atoms with Crippen molar-refractivity contribution in [3.05, 3.63) is 29.8 Å². The molecular formula is C22H34N4O3. The molecule has 0 aliphatic carbocycles. The lowest BCUT2D eigenvalue weighted by molar-refractivity contribution is -0.135. The van der Waals surface area contributed by atoms with Crippen LogP contribution in [0.1, 0.15) is 24.8 Å². The average molecular weight is 403 g/mol. The zero-order valence-electron chi connectivity index (χ0n) is 17.8. The van der Waals surface area contributed by atoms with Gasteiger partial charge in [-0.2, -0.15) is 0 Å². The predicted molar refractivity (Wildman–Crippen MR) is 113 cm³/mol. The number of likely N-dealkylation sites (tertiary alicyclic amines) is 1. The SMILES string of the molecule is COc1ccc(CN(C)C(=O)CN2CCN(CC(=O)N3CCCCC3)CC2)cc1. The normalized spacial score (nSPS) is 18.5. The Balaban J connectivity index is 1.37. The van der Waals surface area contributed by atoms with Crippen LogP contribution in [0.2, 0.25) is 0 Å². The van der Waals surface area contributed by atoms with Gasteiger partial charge in [-0.15, -0.1) is 0 Å². The van der Waals surface area contributed by atoms with Gasteiger partial charge in [0.2, 0.25) is 11.8 Å². The smallest absolute Gasteiger partial charge is 0.236 e. The molecule has 2 heterocycles. The summed E-state index contributed by atoms with van der Waals surface area (Å²) in [6.45, 7) is 6.70. The van der Waals surface area contributed by atoms with E-state index in [9.17, 15) is 9.59 Å². The molecule has 1 aromatic carbocycles. The Morgan fingerprint density at radius 2 is 1.48 bits per heavy atom. The molecule has 0 bridgehead atoms. The van der Waals surface area contributed by atoms with E-state index in [1.165, 1.54) is 6.42 Å². The first-order valence-electron chi connectivity index (χ1n) is 10.6. The van der Waals surface area contributed by atoms with Crippen LogP contribution in [0.3, 0.4) is 0 Å². The van der Waals surface area contributed by atoms with Gasteiger partial charge >= 0.3 is 0 Å². The van der Waals surface area contributed by atoms with Gasteiger partial charge in [0.1, 0.15) is 5.75 Å². The van der Waals surface area contributed by atoms with E-state index in [-0.39, 0.29) is 11.8 Å². The summed E-state index contributed by atoms with van der Waals surface area (Å²) in [4.78, 5) is 33.2. The molecule has 160 valence electrons. The molecular weight excluding hydrogens is 368 g/mol. The maximum Gasteiger partial charge on any atom is 0.236 e. The van der Waals surface area contributed by atoms with Crippen molar-refractivity contribution >= 4 is 11.8 Å². The van der Waals surface area contributed by atoms with Crippen molar-refractivity contribution in [3.63, 3.8) is 0 Å². The molecule has 29 heavy (non-hydrogen) atoms. The first-order valence-corrected chi connectivity index (χ1v) is 10.6. The molecule has 7 nitrogen and oxygen atoms in total. The number of nitrogens with zero attached hydrogens (tertiary/aromatic N) is 4. The molecule has 2 amide bonds. The second-order valence-electron chi connectivity index (χ2n) is 8.09. The molecule has 0 radical (unpaired) electrons. The van der Waals surface area contributed by atoms with Gasteiger partial charge in [-0.3, -0.25) is 19.4 Å². The number of hydrogen-bond donors (Lipinski definition) is 0. The van der Waals surface area contributed by atoms with Gasteiger partial charge in [0.05, 0.1) is 20.2 Å². The Morgan fingerprint density at radius 3 is 2.07 bits per heavy atom. The molecule has 0 atom stereocenters. The predicted octanol–water partition coefficient (Wildman–Crippen LogP) is 1.28. The monoisotopic (exact) mass is 402 g/mol. The fourth-order valence-electron chi connectivity index (χ4n) is 3.95. The molecule has 0 aromatic heterocycles. The topological polar surface area (TPSA) is 56.3 Å². The van der Waals surface area contributed by atoms with Crippen LogP contribution in [0.5, 0.6) is 5.75 Å². The third-order valence-electron chi connectivity index (χ3n) is 5.90. The summed E-state index contributed by atoms with van der Waals surface area (Å²) in [5, 5.41) is 0. The summed E-state index contributed by atoms with van der Waals surface area (Å²) >= 11 is 0. The van der Waals surface area contributed by atoms with Gasteiger partial charge in [-0.1, -0.05) is 12.1 Å². The van der Waals surface area contributed by atoms with Gasteiger partial charge in [0.25, 0.3) is 0 Å². The van der Waals surface area contributed by atoms with E-state index in [2.05, 4.69) is 9.80 Å². The number of amides is 2. The van der Waals surface area contributed by atoms with Crippen LogP contribution in [0.25, 0.3) is 0 Å². The number of methoxy groups -OCH3 is 1. The molecule has 7 heteroatoms. The number of carbonyl (C=O) groups excluding carboxylic acids is 2. The highest BCUT2D eigenvalue weighted by molar-refractivity contribution is 5.78.